The Morgan fingerprint density at radius 3 is 2.46 bits per heavy atom. The number of benzene rings is 1. The number of amides is 4. The van der Waals surface area contributed by atoms with Crippen LogP contribution in [0.1, 0.15) is 37.7 Å². The average Bonchev–Trinajstić information content (AvgIpc) is 2.88. The Kier molecular flexibility index (Phi) is 7.70. The summed E-state index contributed by atoms with van der Waals surface area (Å²) in [4.78, 5) is 45.7. The number of nitrogens with zero attached hydrogens (tertiary/aromatic N) is 3. The average molecular weight is 518 g/mol. The van der Waals surface area contributed by atoms with E-state index >= 15 is 0 Å². The highest BCUT2D eigenvalue weighted by atomic mass is 19.4. The van der Waals surface area contributed by atoms with Crippen molar-refractivity contribution in [2.24, 2.45) is 11.8 Å². The van der Waals surface area contributed by atoms with Gasteiger partial charge in [-0.1, -0.05) is 37.5 Å². The molecule has 2 fully saturated rings. The molecule has 11 heteroatoms. The van der Waals surface area contributed by atoms with E-state index in [0.717, 1.165) is 6.42 Å². The van der Waals surface area contributed by atoms with Gasteiger partial charge in [0, 0.05) is 18.9 Å². The third-order valence-electron chi connectivity index (χ3n) is 7.21. The van der Waals surface area contributed by atoms with E-state index in [1.54, 1.807) is 42.5 Å². The number of urea groups is 1. The topological polar surface area (TPSA) is 109 Å². The highest BCUT2D eigenvalue weighted by Gasteiger charge is 2.56. The van der Waals surface area contributed by atoms with Crippen LogP contribution in [0.25, 0.3) is 0 Å². The first-order valence-electron chi connectivity index (χ1n) is 12.3. The molecule has 1 saturated heterocycles. The number of likely N-dealkylation sites (N-methyl/N-ethyl adjacent to an activating group) is 1. The molecule has 3 atom stereocenters. The number of nitrogens with two attached hydrogens (primary N) is 1. The zero-order valence-corrected chi connectivity index (χ0v) is 20.4. The van der Waals surface area contributed by atoms with E-state index in [1.807, 2.05) is 0 Å². The summed E-state index contributed by atoms with van der Waals surface area (Å²) >= 11 is 0. The molecule has 1 aromatic carbocycles. The van der Waals surface area contributed by atoms with Crippen LogP contribution in [0.2, 0.25) is 0 Å². The normalized spacial score (nSPS) is 21.2. The van der Waals surface area contributed by atoms with Crippen LogP contribution < -0.4 is 16.0 Å². The number of nitrogens with one attached hydrogen (secondary N) is 1. The molecular weight excluding hydrogens is 487 g/mol. The number of halogens is 3. The van der Waals surface area contributed by atoms with Crippen LogP contribution in [0, 0.1) is 11.8 Å². The second kappa shape index (κ2) is 10.8. The Labute approximate surface area is 213 Å². The molecule has 1 aromatic heterocycles. The molecule has 3 N–H and O–H groups in total. The number of likely N-dealkylation sites (tertiary alicyclic amines) is 1. The third-order valence-corrected chi connectivity index (χ3v) is 7.21. The van der Waals surface area contributed by atoms with Gasteiger partial charge in [-0.2, -0.15) is 13.2 Å². The summed E-state index contributed by atoms with van der Waals surface area (Å²) in [6.45, 7) is 0. The fourth-order valence-electron chi connectivity index (χ4n) is 5.25. The van der Waals surface area contributed by atoms with Gasteiger partial charge in [-0.05, 0) is 55.0 Å². The van der Waals surface area contributed by atoms with Gasteiger partial charge >= 0.3 is 12.2 Å². The second-order valence-electron chi connectivity index (χ2n) is 9.65. The summed E-state index contributed by atoms with van der Waals surface area (Å²) in [5.74, 6) is -2.77. The number of carbonyl (C=O) groups is 3. The Bertz CT molecular complexity index is 1140. The Balaban J connectivity index is 1.60. The number of β-lactam (4-membered cyclic amide) rings is 1. The Morgan fingerprint density at radius 1 is 1.16 bits per heavy atom. The van der Waals surface area contributed by atoms with Crippen LogP contribution in [0.5, 0.6) is 0 Å². The van der Waals surface area contributed by atoms with E-state index in [4.69, 9.17) is 5.73 Å². The van der Waals surface area contributed by atoms with Gasteiger partial charge in [0.25, 0.3) is 5.91 Å². The van der Waals surface area contributed by atoms with Crippen molar-refractivity contribution in [2.45, 2.75) is 56.8 Å². The smallest absolute Gasteiger partial charge is 0.384 e. The first-order chi connectivity index (χ1) is 17.6. The zero-order valence-electron chi connectivity index (χ0n) is 20.4. The number of anilines is 2. The summed E-state index contributed by atoms with van der Waals surface area (Å²) in [7, 11) is 1.50. The number of carbonyl (C=O) groups excluding carboxylic acids is 3. The van der Waals surface area contributed by atoms with Crippen molar-refractivity contribution in [3.8, 4) is 0 Å². The fraction of sp³-hybridized carbons (Fsp3) is 0.462. The summed E-state index contributed by atoms with van der Waals surface area (Å²) in [6.07, 6.45) is -0.314. The number of pyridine rings is 1. The van der Waals surface area contributed by atoms with E-state index in [9.17, 15) is 27.6 Å². The summed E-state index contributed by atoms with van der Waals surface area (Å²) in [5.41, 5.74) is 6.89. The highest BCUT2D eigenvalue weighted by Crippen LogP contribution is 2.37. The molecule has 2 heterocycles. The summed E-state index contributed by atoms with van der Waals surface area (Å²) in [6, 6.07) is 7.22. The summed E-state index contributed by atoms with van der Waals surface area (Å²) in [5, 5.41) is 2.06. The lowest BCUT2D eigenvalue weighted by Gasteiger charge is -2.46. The van der Waals surface area contributed by atoms with Gasteiger partial charge in [0.15, 0.2) is 0 Å². The first kappa shape index (κ1) is 26.4. The lowest BCUT2D eigenvalue weighted by molar-refractivity contribution is -0.170. The molecule has 4 amide bonds. The van der Waals surface area contributed by atoms with Gasteiger partial charge in [-0.15, -0.1) is 0 Å². The maximum Gasteiger partial charge on any atom is 0.408 e. The minimum atomic E-state index is -4.68. The van der Waals surface area contributed by atoms with Crippen LogP contribution in [0.15, 0.2) is 48.7 Å². The maximum absolute atomic E-state index is 13.9. The molecule has 2 aromatic rings. The van der Waals surface area contributed by atoms with Crippen molar-refractivity contribution >= 4 is 29.4 Å². The molecule has 2 aliphatic rings. The molecule has 4 rings (SSSR count). The standard InChI is InChI=1S/C26H30F3N5O3/c1-33(18-10-6-3-7-11-18)24(36)21-19(14-16-12-13-31-20(30)15-16)23(35)34(21)25(37)32-22(26(27,28)29)17-8-4-2-5-9-17/h3,6-7,10-13,15,17,19,21-22H,2,4-5,8-9,14H2,1H3,(H2,30,31)(H,32,37)/t19-,21+,22+/m1/s1. The zero-order chi connectivity index (χ0) is 26.7. The number of nitrogen functional groups attached to an aromatic ring is 1. The van der Waals surface area contributed by atoms with Crippen LogP contribution in [-0.2, 0) is 16.0 Å². The second-order valence-corrected chi connectivity index (χ2v) is 9.65. The number of hydrogen-bond donors (Lipinski definition) is 2. The molecule has 1 saturated carbocycles. The van der Waals surface area contributed by atoms with Crippen molar-refractivity contribution in [1.82, 2.24) is 15.2 Å². The molecule has 0 unspecified atom stereocenters. The molecule has 0 radical (unpaired) electrons. The highest BCUT2D eigenvalue weighted by molar-refractivity contribution is 6.12. The van der Waals surface area contributed by atoms with Crippen molar-refractivity contribution in [3.63, 3.8) is 0 Å². The Hall–Kier alpha value is -3.63. The van der Waals surface area contributed by atoms with Gasteiger partial charge < -0.3 is 16.0 Å². The molecule has 198 valence electrons. The van der Waals surface area contributed by atoms with Crippen LogP contribution >= 0.6 is 0 Å². The lowest BCUT2D eigenvalue weighted by atomic mass is 9.81. The molecule has 1 aliphatic carbocycles. The molecule has 0 bridgehead atoms. The lowest BCUT2D eigenvalue weighted by Crippen LogP contribution is -2.71. The largest absolute Gasteiger partial charge is 0.408 e. The van der Waals surface area contributed by atoms with E-state index in [-0.39, 0.29) is 12.2 Å². The van der Waals surface area contributed by atoms with Gasteiger partial charge in [0.05, 0.1) is 5.92 Å². The summed E-state index contributed by atoms with van der Waals surface area (Å²) < 4.78 is 41.8. The molecule has 37 heavy (non-hydrogen) atoms. The maximum atomic E-state index is 13.9. The van der Waals surface area contributed by atoms with Crippen molar-refractivity contribution in [2.75, 3.05) is 17.7 Å². The molecule has 1 aliphatic heterocycles. The minimum absolute atomic E-state index is 0.0830. The quantitative estimate of drug-likeness (QED) is 0.565. The monoisotopic (exact) mass is 517 g/mol. The van der Waals surface area contributed by atoms with Gasteiger partial charge in [0.1, 0.15) is 17.9 Å². The van der Waals surface area contributed by atoms with Crippen LogP contribution in [0.4, 0.5) is 29.5 Å². The van der Waals surface area contributed by atoms with E-state index in [0.29, 0.717) is 41.8 Å². The molecule has 0 spiro atoms. The predicted octanol–water partition coefficient (Wildman–Crippen LogP) is 3.92. The number of rotatable bonds is 6. The number of aromatic nitrogens is 1. The van der Waals surface area contributed by atoms with Crippen molar-refractivity contribution in [3.05, 3.63) is 54.2 Å². The predicted molar refractivity (Wildman–Crippen MR) is 131 cm³/mol. The SMILES string of the molecule is CN(C(=O)[C@@H]1[C@@H](Cc2ccnc(N)c2)C(=O)N1C(=O)N[C@@H](C1CCCCC1)C(F)(F)F)c1ccccc1. The number of imide groups is 1. The number of para-hydroxylation sites is 1. The fourth-order valence-corrected chi connectivity index (χ4v) is 5.25. The molecular formula is C26H30F3N5O3. The van der Waals surface area contributed by atoms with Crippen molar-refractivity contribution < 1.29 is 27.6 Å². The van der Waals surface area contributed by atoms with Gasteiger partial charge in [-0.3, -0.25) is 14.5 Å². The van der Waals surface area contributed by atoms with Crippen LogP contribution in [-0.4, -0.2) is 53.0 Å². The molecule has 8 nitrogen and oxygen atoms in total. The first-order valence-corrected chi connectivity index (χ1v) is 12.3. The van der Waals surface area contributed by atoms with E-state index in [2.05, 4.69) is 10.3 Å². The van der Waals surface area contributed by atoms with Gasteiger partial charge in [-0.25, -0.2) is 9.78 Å². The minimum Gasteiger partial charge on any atom is -0.384 e. The van der Waals surface area contributed by atoms with Crippen molar-refractivity contribution in [1.29, 1.82) is 0 Å². The van der Waals surface area contributed by atoms with Gasteiger partial charge in [0.2, 0.25) is 5.91 Å². The van der Waals surface area contributed by atoms with E-state index < -0.39 is 47.9 Å². The third kappa shape index (κ3) is 5.70. The van der Waals surface area contributed by atoms with Crippen LogP contribution in [0.3, 0.4) is 0 Å². The number of alkyl halides is 3. The van der Waals surface area contributed by atoms with E-state index in [1.165, 1.54) is 18.1 Å². The Morgan fingerprint density at radius 2 is 1.84 bits per heavy atom. The number of hydrogen-bond acceptors (Lipinski definition) is 5.